The number of rotatable bonds is 5. The summed E-state index contributed by atoms with van der Waals surface area (Å²) in [7, 11) is 1.75. The zero-order valence-corrected chi connectivity index (χ0v) is 17.4. The van der Waals surface area contributed by atoms with Gasteiger partial charge in [-0.05, 0) is 38.5 Å². The molecule has 150 valence electrons. The van der Waals surface area contributed by atoms with Crippen LogP contribution in [0, 0.1) is 20.8 Å². The zero-order chi connectivity index (χ0) is 21.1. The molecule has 1 heterocycles. The molecule has 0 radical (unpaired) electrons. The molecule has 0 bridgehead atoms. The largest absolute Gasteiger partial charge is 0.444 e. The van der Waals surface area contributed by atoms with Gasteiger partial charge in [0.15, 0.2) is 0 Å². The quantitative estimate of drug-likeness (QED) is 0.626. The normalized spacial score (nSPS) is 11.8. The summed E-state index contributed by atoms with van der Waals surface area (Å²) in [5, 5.41) is 7.56. The summed E-state index contributed by atoms with van der Waals surface area (Å²) in [5.74, 6) is -1.07. The van der Waals surface area contributed by atoms with Crippen molar-refractivity contribution in [3.05, 3.63) is 81.6 Å². The summed E-state index contributed by atoms with van der Waals surface area (Å²) in [4.78, 5) is 25.9. The molecule has 0 aliphatic carbocycles. The van der Waals surface area contributed by atoms with Gasteiger partial charge in [0.25, 0.3) is 5.91 Å². The van der Waals surface area contributed by atoms with Crippen LogP contribution in [0.2, 0.25) is 5.02 Å². The van der Waals surface area contributed by atoms with Crippen LogP contribution < -0.4 is 5.32 Å². The van der Waals surface area contributed by atoms with Crippen molar-refractivity contribution in [1.29, 1.82) is 0 Å². The average Bonchev–Trinajstić information content (AvgIpc) is 2.95. The first-order valence-corrected chi connectivity index (χ1v) is 9.49. The summed E-state index contributed by atoms with van der Waals surface area (Å²) < 4.78 is 7.26. The molecule has 0 saturated heterocycles. The smallest absolute Gasteiger partial charge is 0.343 e. The minimum atomic E-state index is -1.12. The van der Waals surface area contributed by atoms with Gasteiger partial charge < -0.3 is 10.1 Å². The van der Waals surface area contributed by atoms with E-state index in [2.05, 4.69) is 10.4 Å². The van der Waals surface area contributed by atoms with Crippen molar-refractivity contribution >= 4 is 29.2 Å². The summed E-state index contributed by atoms with van der Waals surface area (Å²) in [6.07, 6.45) is -1.12. The summed E-state index contributed by atoms with van der Waals surface area (Å²) in [6.45, 7) is 5.39. The highest BCUT2D eigenvalue weighted by atomic mass is 35.5. The molecule has 0 fully saturated rings. The Hall–Kier alpha value is -3.12. The molecule has 0 aliphatic heterocycles. The van der Waals surface area contributed by atoms with Crippen molar-refractivity contribution < 1.29 is 14.3 Å². The van der Waals surface area contributed by atoms with Crippen LogP contribution in [0.15, 0.2) is 48.5 Å². The van der Waals surface area contributed by atoms with Crippen LogP contribution in [0.4, 0.5) is 5.69 Å². The maximum absolute atomic E-state index is 13.0. The number of amides is 1. The first-order chi connectivity index (χ1) is 13.8. The van der Waals surface area contributed by atoms with Gasteiger partial charge in [0.1, 0.15) is 5.56 Å². The van der Waals surface area contributed by atoms with Gasteiger partial charge in [0.05, 0.1) is 5.69 Å². The van der Waals surface area contributed by atoms with Crippen LogP contribution in [-0.4, -0.2) is 21.7 Å². The van der Waals surface area contributed by atoms with E-state index >= 15 is 0 Å². The number of halogens is 1. The number of carbonyl (C=O) groups excluding carboxylic acids is 2. The molecule has 6 nitrogen and oxygen atoms in total. The highest BCUT2D eigenvalue weighted by molar-refractivity contribution is 6.31. The maximum Gasteiger partial charge on any atom is 0.343 e. The second-order valence-electron chi connectivity index (χ2n) is 6.82. The van der Waals surface area contributed by atoms with Crippen LogP contribution in [0.5, 0.6) is 0 Å². The topological polar surface area (TPSA) is 73.2 Å². The third-order valence-electron chi connectivity index (χ3n) is 4.72. The molecular formula is C22H22ClN3O3. The van der Waals surface area contributed by atoms with Crippen LogP contribution in [0.1, 0.15) is 39.0 Å². The summed E-state index contributed by atoms with van der Waals surface area (Å²) in [5.41, 5.74) is 3.57. The lowest BCUT2D eigenvalue weighted by atomic mass is 10.1. The van der Waals surface area contributed by atoms with E-state index in [1.54, 1.807) is 62.0 Å². The Morgan fingerprint density at radius 1 is 1.10 bits per heavy atom. The van der Waals surface area contributed by atoms with E-state index in [4.69, 9.17) is 16.3 Å². The number of aromatic nitrogens is 2. The molecule has 3 aromatic rings. The molecule has 7 heteroatoms. The Morgan fingerprint density at radius 3 is 2.38 bits per heavy atom. The first kappa shape index (κ1) is 20.6. The standard InChI is InChI=1S/C22H22ClN3O3/c1-13-10-11-17(12-18(13)23)24-21(27)20(16-8-6-5-7-9-16)29-22(28)19-14(2)25-26(4)15(19)3/h5-12,20H,1-4H3,(H,24,27). The fraction of sp³-hybridized carbons (Fsp3) is 0.227. The average molecular weight is 412 g/mol. The van der Waals surface area contributed by atoms with Crippen molar-refractivity contribution in [3.8, 4) is 0 Å². The van der Waals surface area contributed by atoms with E-state index in [1.165, 1.54) is 0 Å². The Labute approximate surface area is 174 Å². The Kier molecular flexibility index (Phi) is 6.03. The third-order valence-corrected chi connectivity index (χ3v) is 5.13. The molecule has 0 spiro atoms. The van der Waals surface area contributed by atoms with Crippen molar-refractivity contribution in [2.75, 3.05) is 5.32 Å². The Bertz CT molecular complexity index is 1060. The highest BCUT2D eigenvalue weighted by Gasteiger charge is 2.28. The van der Waals surface area contributed by atoms with Gasteiger partial charge in [-0.3, -0.25) is 9.48 Å². The van der Waals surface area contributed by atoms with E-state index in [-0.39, 0.29) is 0 Å². The number of benzene rings is 2. The molecule has 2 aromatic carbocycles. The number of hydrogen-bond acceptors (Lipinski definition) is 4. The van der Waals surface area contributed by atoms with Gasteiger partial charge in [-0.25, -0.2) is 4.79 Å². The monoisotopic (exact) mass is 411 g/mol. The summed E-state index contributed by atoms with van der Waals surface area (Å²) in [6, 6.07) is 14.1. The fourth-order valence-corrected chi connectivity index (χ4v) is 3.19. The molecule has 0 saturated carbocycles. The van der Waals surface area contributed by atoms with Gasteiger partial charge in [0, 0.05) is 29.0 Å². The van der Waals surface area contributed by atoms with Crippen LogP contribution in [0.3, 0.4) is 0 Å². The van der Waals surface area contributed by atoms with E-state index < -0.39 is 18.0 Å². The number of esters is 1. The van der Waals surface area contributed by atoms with Gasteiger partial charge >= 0.3 is 5.97 Å². The molecular weight excluding hydrogens is 390 g/mol. The van der Waals surface area contributed by atoms with E-state index in [1.807, 2.05) is 19.1 Å². The molecule has 1 N–H and O–H groups in total. The number of aryl methyl sites for hydroxylation is 3. The second kappa shape index (κ2) is 8.49. The van der Waals surface area contributed by atoms with Crippen molar-refractivity contribution in [2.45, 2.75) is 26.9 Å². The van der Waals surface area contributed by atoms with Gasteiger partial charge in [-0.1, -0.05) is 48.0 Å². The summed E-state index contributed by atoms with van der Waals surface area (Å²) >= 11 is 6.15. The SMILES string of the molecule is Cc1ccc(NC(=O)C(OC(=O)c2c(C)nn(C)c2C)c2ccccc2)cc1Cl. The van der Waals surface area contributed by atoms with Gasteiger partial charge in [-0.15, -0.1) is 0 Å². The van der Waals surface area contributed by atoms with Crippen molar-refractivity contribution in [2.24, 2.45) is 7.05 Å². The van der Waals surface area contributed by atoms with E-state index in [0.29, 0.717) is 33.2 Å². The van der Waals surface area contributed by atoms with E-state index in [0.717, 1.165) is 5.56 Å². The Balaban J connectivity index is 1.89. The van der Waals surface area contributed by atoms with Gasteiger partial charge in [-0.2, -0.15) is 5.10 Å². The zero-order valence-electron chi connectivity index (χ0n) is 16.7. The second-order valence-corrected chi connectivity index (χ2v) is 7.23. The Morgan fingerprint density at radius 2 is 1.79 bits per heavy atom. The molecule has 1 aromatic heterocycles. The molecule has 29 heavy (non-hydrogen) atoms. The number of nitrogens with zero attached hydrogens (tertiary/aromatic N) is 2. The van der Waals surface area contributed by atoms with Crippen LogP contribution in [-0.2, 0) is 16.6 Å². The van der Waals surface area contributed by atoms with Gasteiger partial charge in [0.2, 0.25) is 6.10 Å². The minimum Gasteiger partial charge on any atom is -0.444 e. The molecule has 1 amide bonds. The van der Waals surface area contributed by atoms with Crippen LogP contribution in [0.25, 0.3) is 0 Å². The first-order valence-electron chi connectivity index (χ1n) is 9.11. The lowest BCUT2D eigenvalue weighted by molar-refractivity contribution is -0.125. The fourth-order valence-electron chi connectivity index (χ4n) is 3.01. The predicted octanol–water partition coefficient (Wildman–Crippen LogP) is 4.54. The highest BCUT2D eigenvalue weighted by Crippen LogP contribution is 2.25. The number of ether oxygens (including phenoxy) is 1. The minimum absolute atomic E-state index is 0.361. The lowest BCUT2D eigenvalue weighted by Gasteiger charge is -2.18. The number of nitrogens with one attached hydrogen (secondary N) is 1. The molecule has 1 atom stereocenters. The number of anilines is 1. The van der Waals surface area contributed by atoms with E-state index in [9.17, 15) is 9.59 Å². The molecule has 3 rings (SSSR count). The predicted molar refractivity (Wildman–Crippen MR) is 112 cm³/mol. The lowest BCUT2D eigenvalue weighted by Crippen LogP contribution is -2.26. The maximum atomic E-state index is 13.0. The van der Waals surface area contributed by atoms with Crippen molar-refractivity contribution in [1.82, 2.24) is 9.78 Å². The van der Waals surface area contributed by atoms with Crippen LogP contribution >= 0.6 is 11.6 Å². The van der Waals surface area contributed by atoms with Crippen molar-refractivity contribution in [3.63, 3.8) is 0 Å². The molecule has 1 unspecified atom stereocenters. The number of carbonyl (C=O) groups is 2. The number of hydrogen-bond donors (Lipinski definition) is 1. The molecule has 0 aliphatic rings. The third kappa shape index (κ3) is 4.49.